The summed E-state index contributed by atoms with van der Waals surface area (Å²) >= 11 is 0. The number of carbonyl (C=O) groups excluding carboxylic acids is 1. The minimum Gasteiger partial charge on any atom is -0.385 e. The van der Waals surface area contributed by atoms with Gasteiger partial charge in [0.1, 0.15) is 0 Å². The van der Waals surface area contributed by atoms with E-state index in [0.717, 1.165) is 25.8 Å². The quantitative estimate of drug-likeness (QED) is 0.710. The van der Waals surface area contributed by atoms with Gasteiger partial charge in [-0.3, -0.25) is 9.69 Å². The highest BCUT2D eigenvalue weighted by Crippen LogP contribution is 2.17. The molecule has 1 rings (SSSR count). The summed E-state index contributed by atoms with van der Waals surface area (Å²) in [5.74, 6) is 0.118. The van der Waals surface area contributed by atoms with E-state index in [1.807, 2.05) is 6.92 Å². The Balaban J connectivity index is 2.31. The van der Waals surface area contributed by atoms with E-state index in [1.54, 1.807) is 7.11 Å². The van der Waals surface area contributed by atoms with Crippen molar-refractivity contribution in [2.75, 3.05) is 33.4 Å². The molecule has 1 fully saturated rings. The lowest BCUT2D eigenvalue weighted by Crippen LogP contribution is -2.49. The number of ether oxygens (including phenoxy) is 1. The van der Waals surface area contributed by atoms with Crippen molar-refractivity contribution < 1.29 is 9.53 Å². The van der Waals surface area contributed by atoms with Crippen molar-refractivity contribution in [2.45, 2.75) is 32.2 Å². The van der Waals surface area contributed by atoms with Gasteiger partial charge in [0.2, 0.25) is 5.91 Å². The van der Waals surface area contributed by atoms with E-state index >= 15 is 0 Å². The van der Waals surface area contributed by atoms with Crippen LogP contribution in [0.1, 0.15) is 26.2 Å². The number of nitriles is 1. The molecule has 1 heterocycles. The Labute approximate surface area is 109 Å². The van der Waals surface area contributed by atoms with Crippen molar-refractivity contribution in [2.24, 2.45) is 5.92 Å². The van der Waals surface area contributed by atoms with Crippen LogP contribution >= 0.6 is 0 Å². The highest BCUT2D eigenvalue weighted by atomic mass is 16.5. The van der Waals surface area contributed by atoms with Crippen molar-refractivity contribution in [1.29, 1.82) is 5.26 Å². The average Bonchev–Trinajstić information content (AvgIpc) is 2.42. The molecular weight excluding hydrogens is 230 g/mol. The van der Waals surface area contributed by atoms with Crippen LogP contribution in [0, 0.1) is 17.2 Å². The van der Waals surface area contributed by atoms with E-state index in [1.165, 1.54) is 0 Å². The zero-order valence-corrected chi connectivity index (χ0v) is 11.3. The molecule has 1 saturated heterocycles. The van der Waals surface area contributed by atoms with Crippen LogP contribution in [0.25, 0.3) is 0 Å². The van der Waals surface area contributed by atoms with Gasteiger partial charge in [0.05, 0.1) is 18.0 Å². The van der Waals surface area contributed by atoms with Crippen LogP contribution < -0.4 is 5.32 Å². The lowest BCUT2D eigenvalue weighted by Gasteiger charge is -2.33. The molecule has 0 radical (unpaired) electrons. The van der Waals surface area contributed by atoms with E-state index in [9.17, 15) is 4.79 Å². The fourth-order valence-electron chi connectivity index (χ4n) is 2.21. The number of likely N-dealkylation sites (tertiary alicyclic amines) is 1. The second-order valence-electron chi connectivity index (χ2n) is 4.78. The SMILES string of the molecule is COCCCNC(=O)C(C)N1CCCC(C#N)C1. The zero-order chi connectivity index (χ0) is 13.4. The molecule has 1 N–H and O–H groups in total. The molecule has 18 heavy (non-hydrogen) atoms. The number of amides is 1. The first-order valence-electron chi connectivity index (χ1n) is 6.59. The fourth-order valence-corrected chi connectivity index (χ4v) is 2.21. The molecule has 0 aromatic heterocycles. The third kappa shape index (κ3) is 4.63. The monoisotopic (exact) mass is 253 g/mol. The van der Waals surface area contributed by atoms with Gasteiger partial charge in [-0.05, 0) is 32.7 Å². The number of nitrogens with zero attached hydrogens (tertiary/aromatic N) is 2. The molecular formula is C13H23N3O2. The highest BCUT2D eigenvalue weighted by molar-refractivity contribution is 5.81. The number of piperidine rings is 1. The van der Waals surface area contributed by atoms with Gasteiger partial charge in [-0.1, -0.05) is 0 Å². The molecule has 5 heteroatoms. The smallest absolute Gasteiger partial charge is 0.237 e. The standard InChI is InChI=1S/C13H23N3O2/c1-11(13(17)15-6-4-8-18-2)16-7-3-5-12(9-14)10-16/h11-12H,3-8,10H2,1-2H3,(H,15,17). The molecule has 0 aromatic rings. The van der Waals surface area contributed by atoms with Gasteiger partial charge >= 0.3 is 0 Å². The van der Waals surface area contributed by atoms with Gasteiger partial charge in [-0.2, -0.15) is 5.26 Å². The molecule has 2 unspecified atom stereocenters. The molecule has 0 spiro atoms. The van der Waals surface area contributed by atoms with Crippen LogP contribution in [0.2, 0.25) is 0 Å². The van der Waals surface area contributed by atoms with Gasteiger partial charge in [-0.15, -0.1) is 0 Å². The zero-order valence-electron chi connectivity index (χ0n) is 11.3. The number of hydrogen-bond donors (Lipinski definition) is 1. The molecule has 1 aliphatic rings. The molecule has 5 nitrogen and oxygen atoms in total. The molecule has 0 aliphatic carbocycles. The van der Waals surface area contributed by atoms with Gasteiger partial charge in [0.15, 0.2) is 0 Å². The Morgan fingerprint density at radius 2 is 2.44 bits per heavy atom. The summed E-state index contributed by atoms with van der Waals surface area (Å²) in [5, 5.41) is 11.8. The Morgan fingerprint density at radius 3 is 3.11 bits per heavy atom. The minimum absolute atomic E-state index is 0.0460. The third-order valence-corrected chi connectivity index (χ3v) is 3.39. The lowest BCUT2D eigenvalue weighted by atomic mass is 9.98. The van der Waals surface area contributed by atoms with Gasteiger partial charge in [0.25, 0.3) is 0 Å². The van der Waals surface area contributed by atoms with Gasteiger partial charge in [-0.25, -0.2) is 0 Å². The molecule has 0 bridgehead atoms. The first-order valence-corrected chi connectivity index (χ1v) is 6.59. The maximum Gasteiger partial charge on any atom is 0.237 e. The maximum atomic E-state index is 11.9. The van der Waals surface area contributed by atoms with Crippen LogP contribution in [0.4, 0.5) is 0 Å². The van der Waals surface area contributed by atoms with Gasteiger partial charge < -0.3 is 10.1 Å². The summed E-state index contributed by atoms with van der Waals surface area (Å²) in [6.45, 7) is 4.83. The Hall–Kier alpha value is -1.12. The summed E-state index contributed by atoms with van der Waals surface area (Å²) < 4.78 is 4.93. The molecule has 2 atom stereocenters. The summed E-state index contributed by atoms with van der Waals surface area (Å²) in [6.07, 6.45) is 2.78. The van der Waals surface area contributed by atoms with E-state index < -0.39 is 0 Å². The van der Waals surface area contributed by atoms with E-state index in [-0.39, 0.29) is 17.9 Å². The number of carbonyl (C=O) groups is 1. The predicted molar refractivity (Wildman–Crippen MR) is 68.9 cm³/mol. The molecule has 0 aromatic carbocycles. The lowest BCUT2D eigenvalue weighted by molar-refractivity contribution is -0.126. The summed E-state index contributed by atoms with van der Waals surface area (Å²) in [5.41, 5.74) is 0. The van der Waals surface area contributed by atoms with Crippen molar-refractivity contribution >= 4 is 5.91 Å². The Bertz CT molecular complexity index is 301. The largest absolute Gasteiger partial charge is 0.385 e. The van der Waals surface area contributed by atoms with Crippen LogP contribution in [-0.4, -0.2) is 50.2 Å². The average molecular weight is 253 g/mol. The Morgan fingerprint density at radius 1 is 1.67 bits per heavy atom. The van der Waals surface area contributed by atoms with Crippen molar-refractivity contribution in [3.05, 3.63) is 0 Å². The highest BCUT2D eigenvalue weighted by Gasteiger charge is 2.26. The summed E-state index contributed by atoms with van der Waals surface area (Å²) in [7, 11) is 1.65. The van der Waals surface area contributed by atoms with E-state index in [4.69, 9.17) is 10.00 Å². The third-order valence-electron chi connectivity index (χ3n) is 3.39. The topological polar surface area (TPSA) is 65.4 Å². The maximum absolute atomic E-state index is 11.9. The fraction of sp³-hybridized carbons (Fsp3) is 0.846. The first-order chi connectivity index (χ1) is 8.69. The van der Waals surface area contributed by atoms with Crippen molar-refractivity contribution in [3.8, 4) is 6.07 Å². The number of methoxy groups -OCH3 is 1. The number of hydrogen-bond acceptors (Lipinski definition) is 4. The van der Waals surface area contributed by atoms with Crippen molar-refractivity contribution in [3.63, 3.8) is 0 Å². The summed E-state index contributed by atoms with van der Waals surface area (Å²) in [6, 6.07) is 2.15. The second kappa shape index (κ2) is 8.06. The normalized spacial score (nSPS) is 22.2. The number of rotatable bonds is 6. The van der Waals surface area contributed by atoms with Crippen LogP contribution in [0.15, 0.2) is 0 Å². The second-order valence-corrected chi connectivity index (χ2v) is 4.78. The van der Waals surface area contributed by atoms with Gasteiger partial charge in [0, 0.05) is 26.8 Å². The minimum atomic E-state index is -0.149. The molecule has 102 valence electrons. The molecule has 0 saturated carbocycles. The summed E-state index contributed by atoms with van der Waals surface area (Å²) in [4.78, 5) is 14.0. The van der Waals surface area contributed by atoms with E-state index in [2.05, 4.69) is 16.3 Å². The van der Waals surface area contributed by atoms with Crippen LogP contribution in [0.3, 0.4) is 0 Å². The predicted octanol–water partition coefficient (Wildman–Crippen LogP) is 0.763. The Kier molecular flexibility index (Phi) is 6.69. The molecule has 1 aliphatic heterocycles. The van der Waals surface area contributed by atoms with Crippen LogP contribution in [-0.2, 0) is 9.53 Å². The van der Waals surface area contributed by atoms with Crippen molar-refractivity contribution in [1.82, 2.24) is 10.2 Å². The van der Waals surface area contributed by atoms with E-state index in [0.29, 0.717) is 19.7 Å². The first kappa shape index (κ1) is 14.9. The molecule has 1 amide bonds. The number of nitrogens with one attached hydrogen (secondary N) is 1. The van der Waals surface area contributed by atoms with Crippen LogP contribution in [0.5, 0.6) is 0 Å².